The largest absolute Gasteiger partial charge is 0.394 e. The van der Waals surface area contributed by atoms with Gasteiger partial charge < -0.3 is 16.2 Å². The molecular weight excluding hydrogens is 240 g/mol. The van der Waals surface area contributed by atoms with Gasteiger partial charge >= 0.3 is 0 Å². The van der Waals surface area contributed by atoms with Crippen LogP contribution in [0.3, 0.4) is 0 Å². The van der Waals surface area contributed by atoms with Crippen LogP contribution in [0.4, 0.5) is 0 Å². The molecule has 0 heterocycles. The lowest BCUT2D eigenvalue weighted by Gasteiger charge is -2.28. The lowest BCUT2D eigenvalue weighted by molar-refractivity contribution is -0.131. The molecule has 0 aliphatic rings. The Kier molecular flexibility index (Phi) is 5.99. The molecule has 0 spiro atoms. The Labute approximate surface area is 115 Å². The van der Waals surface area contributed by atoms with Crippen LogP contribution in [0.5, 0.6) is 0 Å². The summed E-state index contributed by atoms with van der Waals surface area (Å²) in [6.07, 6.45) is 1.30. The molecule has 0 bridgehead atoms. The molecule has 1 aromatic carbocycles. The second-order valence-corrected chi connectivity index (χ2v) is 5.16. The molecule has 4 N–H and O–H groups in total. The number of nitrogens with one attached hydrogen (secondary N) is 1. The number of amides is 1. The van der Waals surface area contributed by atoms with Crippen molar-refractivity contribution in [2.24, 2.45) is 11.1 Å². The van der Waals surface area contributed by atoms with E-state index >= 15 is 0 Å². The first-order valence-corrected chi connectivity index (χ1v) is 6.71. The summed E-state index contributed by atoms with van der Waals surface area (Å²) >= 11 is 0. The first-order chi connectivity index (χ1) is 9.05. The summed E-state index contributed by atoms with van der Waals surface area (Å²) in [6.45, 7) is 4.01. The smallest absolute Gasteiger partial charge is 0.227 e. The summed E-state index contributed by atoms with van der Waals surface area (Å²) < 4.78 is 0. The van der Waals surface area contributed by atoms with Gasteiger partial charge in [0.05, 0.1) is 18.1 Å². The van der Waals surface area contributed by atoms with Gasteiger partial charge in [0, 0.05) is 6.54 Å². The van der Waals surface area contributed by atoms with Crippen LogP contribution in [0.25, 0.3) is 0 Å². The Balaban J connectivity index is 2.65. The summed E-state index contributed by atoms with van der Waals surface area (Å²) in [5.41, 5.74) is 6.19. The predicted octanol–water partition coefficient (Wildman–Crippen LogP) is 1.08. The van der Waals surface area contributed by atoms with Crippen LogP contribution in [0.2, 0.25) is 0 Å². The molecule has 0 radical (unpaired) electrons. The van der Waals surface area contributed by atoms with E-state index in [-0.39, 0.29) is 18.6 Å². The zero-order valence-electron chi connectivity index (χ0n) is 11.7. The Bertz CT molecular complexity index is 388. The van der Waals surface area contributed by atoms with Crippen molar-refractivity contribution in [1.29, 1.82) is 0 Å². The molecule has 0 aliphatic heterocycles. The third kappa shape index (κ3) is 4.33. The molecular formula is C15H24N2O2. The maximum atomic E-state index is 12.2. The Hall–Kier alpha value is -1.39. The highest BCUT2D eigenvalue weighted by atomic mass is 16.3. The van der Waals surface area contributed by atoms with Gasteiger partial charge in [-0.15, -0.1) is 0 Å². The SMILES string of the molecule is CCC(C)(CN)C(=O)N[C@@H](CO)Cc1ccccc1. The molecule has 2 atom stereocenters. The number of carbonyl (C=O) groups is 1. The molecule has 19 heavy (non-hydrogen) atoms. The summed E-state index contributed by atoms with van der Waals surface area (Å²) in [6, 6.07) is 9.53. The fourth-order valence-corrected chi connectivity index (χ4v) is 1.82. The second-order valence-electron chi connectivity index (χ2n) is 5.16. The molecule has 4 heteroatoms. The standard InChI is InChI=1S/C15H24N2O2/c1-3-15(2,11-16)14(19)17-13(10-18)9-12-7-5-4-6-8-12/h4-8,13,18H,3,9-11,16H2,1-2H3,(H,17,19)/t13-,15?/m1/s1. The van der Waals surface area contributed by atoms with E-state index in [9.17, 15) is 9.90 Å². The van der Waals surface area contributed by atoms with E-state index < -0.39 is 5.41 Å². The Morgan fingerprint density at radius 2 is 2.05 bits per heavy atom. The van der Waals surface area contributed by atoms with Gasteiger partial charge in [-0.25, -0.2) is 0 Å². The molecule has 106 valence electrons. The fraction of sp³-hybridized carbons (Fsp3) is 0.533. The monoisotopic (exact) mass is 264 g/mol. The van der Waals surface area contributed by atoms with E-state index in [0.29, 0.717) is 19.4 Å². The topological polar surface area (TPSA) is 75.4 Å². The van der Waals surface area contributed by atoms with Gasteiger partial charge in [0.2, 0.25) is 5.91 Å². The van der Waals surface area contributed by atoms with Crippen LogP contribution < -0.4 is 11.1 Å². The molecule has 0 aromatic heterocycles. The van der Waals surface area contributed by atoms with Crippen LogP contribution in [0, 0.1) is 5.41 Å². The minimum atomic E-state index is -0.565. The number of carbonyl (C=O) groups excluding carboxylic acids is 1. The van der Waals surface area contributed by atoms with Crippen molar-refractivity contribution >= 4 is 5.91 Å². The van der Waals surface area contributed by atoms with Crippen molar-refractivity contribution in [3.8, 4) is 0 Å². The number of aliphatic hydroxyl groups is 1. The first-order valence-electron chi connectivity index (χ1n) is 6.71. The van der Waals surface area contributed by atoms with Gasteiger partial charge in [-0.2, -0.15) is 0 Å². The van der Waals surface area contributed by atoms with E-state index in [1.807, 2.05) is 44.2 Å². The highest BCUT2D eigenvalue weighted by molar-refractivity contribution is 5.82. The van der Waals surface area contributed by atoms with E-state index in [4.69, 9.17) is 5.73 Å². The number of aliphatic hydroxyl groups excluding tert-OH is 1. The van der Waals surface area contributed by atoms with Crippen molar-refractivity contribution in [2.45, 2.75) is 32.7 Å². The zero-order chi connectivity index (χ0) is 14.3. The van der Waals surface area contributed by atoms with E-state index in [1.54, 1.807) is 0 Å². The summed E-state index contributed by atoms with van der Waals surface area (Å²) in [4.78, 5) is 12.2. The molecule has 0 aliphatic carbocycles. The average molecular weight is 264 g/mol. The third-order valence-corrected chi connectivity index (χ3v) is 3.66. The van der Waals surface area contributed by atoms with E-state index in [2.05, 4.69) is 5.32 Å². The van der Waals surface area contributed by atoms with Crippen molar-refractivity contribution in [2.75, 3.05) is 13.2 Å². The normalized spacial score (nSPS) is 15.6. The lowest BCUT2D eigenvalue weighted by atomic mass is 9.86. The van der Waals surface area contributed by atoms with Crippen molar-refractivity contribution in [3.63, 3.8) is 0 Å². The quantitative estimate of drug-likeness (QED) is 0.690. The van der Waals surface area contributed by atoms with Gasteiger partial charge in [-0.05, 0) is 25.3 Å². The highest BCUT2D eigenvalue weighted by Crippen LogP contribution is 2.19. The average Bonchev–Trinajstić information content (AvgIpc) is 2.46. The van der Waals surface area contributed by atoms with Gasteiger partial charge in [0.25, 0.3) is 0 Å². The highest BCUT2D eigenvalue weighted by Gasteiger charge is 2.30. The Morgan fingerprint density at radius 1 is 1.42 bits per heavy atom. The summed E-state index contributed by atoms with van der Waals surface area (Å²) in [7, 11) is 0. The fourth-order valence-electron chi connectivity index (χ4n) is 1.82. The Morgan fingerprint density at radius 3 is 2.53 bits per heavy atom. The number of benzene rings is 1. The predicted molar refractivity (Wildman–Crippen MR) is 76.6 cm³/mol. The number of rotatable bonds is 7. The van der Waals surface area contributed by atoms with Gasteiger partial charge in [-0.1, -0.05) is 37.3 Å². The molecule has 1 amide bonds. The zero-order valence-corrected chi connectivity index (χ0v) is 11.7. The van der Waals surface area contributed by atoms with Crippen molar-refractivity contribution in [1.82, 2.24) is 5.32 Å². The third-order valence-electron chi connectivity index (χ3n) is 3.66. The lowest BCUT2D eigenvalue weighted by Crippen LogP contribution is -2.49. The molecule has 4 nitrogen and oxygen atoms in total. The molecule has 0 saturated carbocycles. The maximum absolute atomic E-state index is 12.2. The van der Waals surface area contributed by atoms with Crippen LogP contribution in [-0.2, 0) is 11.2 Å². The van der Waals surface area contributed by atoms with Gasteiger partial charge in [-0.3, -0.25) is 4.79 Å². The minimum Gasteiger partial charge on any atom is -0.394 e. The number of nitrogens with two attached hydrogens (primary N) is 1. The number of hydrogen-bond donors (Lipinski definition) is 3. The van der Waals surface area contributed by atoms with Gasteiger partial charge in [0.1, 0.15) is 0 Å². The molecule has 1 unspecified atom stereocenters. The van der Waals surface area contributed by atoms with Crippen LogP contribution >= 0.6 is 0 Å². The number of hydrogen-bond acceptors (Lipinski definition) is 3. The van der Waals surface area contributed by atoms with Crippen LogP contribution in [0.1, 0.15) is 25.8 Å². The summed E-state index contributed by atoms with van der Waals surface area (Å²) in [5, 5.41) is 12.3. The van der Waals surface area contributed by atoms with Crippen LogP contribution in [0.15, 0.2) is 30.3 Å². The molecule has 0 saturated heterocycles. The van der Waals surface area contributed by atoms with E-state index in [0.717, 1.165) is 5.56 Å². The van der Waals surface area contributed by atoms with Crippen molar-refractivity contribution < 1.29 is 9.90 Å². The van der Waals surface area contributed by atoms with Gasteiger partial charge in [0.15, 0.2) is 0 Å². The molecule has 0 fully saturated rings. The van der Waals surface area contributed by atoms with Crippen LogP contribution in [-0.4, -0.2) is 30.2 Å². The summed E-state index contributed by atoms with van der Waals surface area (Å²) in [5.74, 6) is -0.0903. The first kappa shape index (κ1) is 15.7. The molecule has 1 rings (SSSR count). The van der Waals surface area contributed by atoms with Crippen molar-refractivity contribution in [3.05, 3.63) is 35.9 Å². The molecule has 1 aromatic rings. The minimum absolute atomic E-state index is 0.0784. The maximum Gasteiger partial charge on any atom is 0.227 e. The van der Waals surface area contributed by atoms with E-state index in [1.165, 1.54) is 0 Å². The second kappa shape index (κ2) is 7.26.